The molecular weight excluding hydrogens is 428 g/mol. The number of anilines is 4. The van der Waals surface area contributed by atoms with Crippen molar-refractivity contribution in [3.8, 4) is 5.75 Å². The molecule has 0 aliphatic carbocycles. The summed E-state index contributed by atoms with van der Waals surface area (Å²) in [6.45, 7) is 3.81. The monoisotopic (exact) mass is 452 g/mol. The number of carbonyl (C=O) groups is 1. The van der Waals surface area contributed by atoms with Gasteiger partial charge in [0.25, 0.3) is 5.91 Å². The van der Waals surface area contributed by atoms with Crippen LogP contribution in [0.1, 0.15) is 27.0 Å². The standard InChI is InChI=1S/C23H25ClN6O2/c1-13-4-5-18(17(24)8-13)27-22-16(21(25)31)11-26-23(29-22)28-19-9-15-12-30(2)7-6-14(15)10-20(19)32-3/h4-5,8-11H,6-7,12H2,1-3H3,(H2,25,31)(H2,26,27,28,29). The summed E-state index contributed by atoms with van der Waals surface area (Å²) in [6.07, 6.45) is 2.36. The summed E-state index contributed by atoms with van der Waals surface area (Å²) in [5.41, 5.74) is 10.6. The summed E-state index contributed by atoms with van der Waals surface area (Å²) >= 11 is 6.34. The maximum absolute atomic E-state index is 11.9. The highest BCUT2D eigenvalue weighted by molar-refractivity contribution is 6.33. The van der Waals surface area contributed by atoms with Crippen LogP contribution in [0.2, 0.25) is 5.02 Å². The molecule has 0 saturated heterocycles. The van der Waals surface area contributed by atoms with E-state index in [0.717, 1.165) is 30.8 Å². The number of fused-ring (bicyclic) bond motifs is 1. The molecule has 166 valence electrons. The summed E-state index contributed by atoms with van der Waals surface area (Å²) < 4.78 is 5.59. The van der Waals surface area contributed by atoms with Gasteiger partial charge in [0.2, 0.25) is 5.95 Å². The van der Waals surface area contributed by atoms with Gasteiger partial charge in [-0.05, 0) is 61.3 Å². The average Bonchev–Trinajstić information content (AvgIpc) is 2.75. The number of carbonyl (C=O) groups excluding carboxylic acids is 1. The number of primary amides is 1. The molecule has 1 aliphatic heterocycles. The van der Waals surface area contributed by atoms with E-state index in [1.54, 1.807) is 7.11 Å². The van der Waals surface area contributed by atoms with Crippen LogP contribution in [0, 0.1) is 6.92 Å². The largest absolute Gasteiger partial charge is 0.495 e. The molecule has 0 bridgehead atoms. The zero-order chi connectivity index (χ0) is 22.8. The molecule has 0 fully saturated rings. The number of benzene rings is 2. The molecule has 0 radical (unpaired) electrons. The van der Waals surface area contributed by atoms with Crippen LogP contribution in [0.3, 0.4) is 0 Å². The summed E-state index contributed by atoms with van der Waals surface area (Å²) in [6, 6.07) is 9.66. The highest BCUT2D eigenvalue weighted by Gasteiger charge is 2.19. The molecule has 1 aromatic heterocycles. The molecule has 9 heteroatoms. The molecule has 3 aromatic rings. The molecule has 0 saturated carbocycles. The fourth-order valence-electron chi connectivity index (χ4n) is 3.68. The van der Waals surface area contributed by atoms with Crippen LogP contribution in [0.4, 0.5) is 23.1 Å². The van der Waals surface area contributed by atoms with Gasteiger partial charge in [-0.15, -0.1) is 0 Å². The van der Waals surface area contributed by atoms with E-state index in [1.807, 2.05) is 31.2 Å². The molecule has 2 aromatic carbocycles. The van der Waals surface area contributed by atoms with E-state index in [2.05, 4.69) is 38.6 Å². The van der Waals surface area contributed by atoms with Gasteiger partial charge < -0.3 is 26.0 Å². The van der Waals surface area contributed by atoms with Gasteiger partial charge in [0.1, 0.15) is 17.1 Å². The van der Waals surface area contributed by atoms with Crippen LogP contribution in [0.5, 0.6) is 5.75 Å². The number of aryl methyl sites for hydroxylation is 1. The van der Waals surface area contributed by atoms with Gasteiger partial charge in [0, 0.05) is 19.3 Å². The third kappa shape index (κ3) is 4.61. The minimum Gasteiger partial charge on any atom is -0.495 e. The van der Waals surface area contributed by atoms with Gasteiger partial charge >= 0.3 is 0 Å². The zero-order valence-electron chi connectivity index (χ0n) is 18.2. The Morgan fingerprint density at radius 1 is 1.19 bits per heavy atom. The number of hydrogen-bond acceptors (Lipinski definition) is 7. The lowest BCUT2D eigenvalue weighted by atomic mass is 9.99. The van der Waals surface area contributed by atoms with Crippen molar-refractivity contribution in [2.45, 2.75) is 19.9 Å². The Balaban J connectivity index is 1.68. The minimum atomic E-state index is -0.642. The highest BCUT2D eigenvalue weighted by atomic mass is 35.5. The summed E-state index contributed by atoms with van der Waals surface area (Å²) in [5.74, 6) is 0.615. The van der Waals surface area contributed by atoms with Crippen LogP contribution >= 0.6 is 11.6 Å². The summed E-state index contributed by atoms with van der Waals surface area (Å²) in [4.78, 5) is 23.0. The number of aromatic nitrogens is 2. The average molecular weight is 453 g/mol. The maximum atomic E-state index is 11.9. The first-order valence-corrected chi connectivity index (χ1v) is 10.6. The Morgan fingerprint density at radius 2 is 2.00 bits per heavy atom. The number of nitrogens with one attached hydrogen (secondary N) is 2. The maximum Gasteiger partial charge on any atom is 0.254 e. The fraction of sp³-hybridized carbons (Fsp3) is 0.261. The summed E-state index contributed by atoms with van der Waals surface area (Å²) in [5, 5.41) is 6.82. The number of methoxy groups -OCH3 is 1. The lowest BCUT2D eigenvalue weighted by Crippen LogP contribution is -2.26. The van der Waals surface area contributed by atoms with Crippen molar-refractivity contribution < 1.29 is 9.53 Å². The van der Waals surface area contributed by atoms with Crippen LogP contribution in [0.25, 0.3) is 0 Å². The highest BCUT2D eigenvalue weighted by Crippen LogP contribution is 2.33. The normalized spacial score (nSPS) is 13.4. The van der Waals surface area contributed by atoms with E-state index in [1.165, 1.54) is 17.3 Å². The number of hydrogen-bond donors (Lipinski definition) is 3. The molecule has 1 aliphatic rings. The van der Waals surface area contributed by atoms with E-state index in [9.17, 15) is 4.79 Å². The number of rotatable bonds is 6. The van der Waals surface area contributed by atoms with Crippen LogP contribution in [-0.4, -0.2) is 41.5 Å². The number of halogens is 1. The third-order valence-electron chi connectivity index (χ3n) is 5.40. The van der Waals surface area contributed by atoms with Crippen LogP contribution in [-0.2, 0) is 13.0 Å². The number of amides is 1. The van der Waals surface area contributed by atoms with Gasteiger partial charge in [0.05, 0.1) is 23.5 Å². The Labute approximate surface area is 191 Å². The van der Waals surface area contributed by atoms with E-state index in [-0.39, 0.29) is 11.4 Å². The van der Waals surface area contributed by atoms with Crippen molar-refractivity contribution in [2.75, 3.05) is 31.3 Å². The molecule has 2 heterocycles. The molecule has 0 atom stereocenters. The van der Waals surface area contributed by atoms with Gasteiger partial charge in [-0.1, -0.05) is 17.7 Å². The molecule has 0 unspecified atom stereocenters. The topological polar surface area (TPSA) is 105 Å². The quantitative estimate of drug-likeness (QED) is 0.518. The first kappa shape index (κ1) is 21.9. The van der Waals surface area contributed by atoms with Gasteiger partial charge in [-0.3, -0.25) is 4.79 Å². The lowest BCUT2D eigenvalue weighted by Gasteiger charge is -2.26. The number of likely N-dealkylation sites (N-methyl/N-ethyl adjacent to an activating group) is 1. The predicted molar refractivity (Wildman–Crippen MR) is 126 cm³/mol. The molecule has 0 spiro atoms. The first-order chi connectivity index (χ1) is 15.3. The summed E-state index contributed by atoms with van der Waals surface area (Å²) in [7, 11) is 3.73. The van der Waals surface area contributed by atoms with Crippen LogP contribution in [0.15, 0.2) is 36.5 Å². The Kier molecular flexibility index (Phi) is 6.16. The Bertz CT molecular complexity index is 1180. The van der Waals surface area contributed by atoms with Crippen molar-refractivity contribution in [3.05, 3.63) is 63.8 Å². The first-order valence-electron chi connectivity index (χ1n) is 10.2. The van der Waals surface area contributed by atoms with Crippen molar-refractivity contribution >= 4 is 40.6 Å². The third-order valence-corrected chi connectivity index (χ3v) is 5.72. The zero-order valence-corrected chi connectivity index (χ0v) is 19.0. The second kappa shape index (κ2) is 9.02. The van der Waals surface area contributed by atoms with Gasteiger partial charge in [-0.2, -0.15) is 4.98 Å². The van der Waals surface area contributed by atoms with E-state index < -0.39 is 5.91 Å². The van der Waals surface area contributed by atoms with Crippen molar-refractivity contribution in [1.29, 1.82) is 0 Å². The Morgan fingerprint density at radius 3 is 2.72 bits per heavy atom. The molecule has 4 rings (SSSR count). The van der Waals surface area contributed by atoms with Gasteiger partial charge in [0.15, 0.2) is 0 Å². The fourth-order valence-corrected chi connectivity index (χ4v) is 3.96. The van der Waals surface area contributed by atoms with E-state index in [4.69, 9.17) is 22.1 Å². The van der Waals surface area contributed by atoms with Crippen LogP contribution < -0.4 is 21.1 Å². The number of ether oxygens (including phenoxy) is 1. The molecular formula is C23H25ClN6O2. The smallest absolute Gasteiger partial charge is 0.254 e. The van der Waals surface area contributed by atoms with Crippen molar-refractivity contribution in [3.63, 3.8) is 0 Å². The predicted octanol–water partition coefficient (Wildman–Crippen LogP) is 4.02. The minimum absolute atomic E-state index is 0.159. The van der Waals surface area contributed by atoms with E-state index >= 15 is 0 Å². The van der Waals surface area contributed by atoms with Gasteiger partial charge in [-0.25, -0.2) is 4.98 Å². The second-order valence-corrected chi connectivity index (χ2v) is 8.27. The van der Waals surface area contributed by atoms with E-state index in [0.29, 0.717) is 22.4 Å². The SMILES string of the molecule is COc1cc2c(cc1Nc1ncc(C(N)=O)c(Nc3ccc(C)cc3Cl)n1)CN(C)CC2. The molecule has 8 nitrogen and oxygen atoms in total. The number of nitrogens with zero attached hydrogens (tertiary/aromatic N) is 3. The second-order valence-electron chi connectivity index (χ2n) is 7.86. The van der Waals surface area contributed by atoms with Crippen molar-refractivity contribution in [1.82, 2.24) is 14.9 Å². The van der Waals surface area contributed by atoms with Crippen molar-refractivity contribution in [2.24, 2.45) is 5.73 Å². The Hall–Kier alpha value is -3.36. The molecule has 1 amide bonds. The molecule has 4 N–H and O–H groups in total. The molecule has 32 heavy (non-hydrogen) atoms. The lowest BCUT2D eigenvalue weighted by molar-refractivity contribution is 0.100. The number of nitrogens with two attached hydrogens (primary N) is 1.